The van der Waals surface area contributed by atoms with Crippen LogP contribution in [0.1, 0.15) is 19.4 Å². The van der Waals surface area contributed by atoms with Crippen LogP contribution in [0.2, 0.25) is 0 Å². The van der Waals surface area contributed by atoms with Gasteiger partial charge in [0.25, 0.3) is 0 Å². The first-order valence-corrected chi connectivity index (χ1v) is 5.38. The van der Waals surface area contributed by atoms with Crippen LogP contribution in [0.5, 0.6) is 5.75 Å². The smallest absolute Gasteiger partial charge is 0.118 e. The van der Waals surface area contributed by atoms with Crippen LogP contribution in [0.4, 0.5) is 0 Å². The topological polar surface area (TPSA) is 83.0 Å². The molecule has 1 rings (SSSR count). The van der Waals surface area contributed by atoms with Gasteiger partial charge in [-0.3, -0.25) is 5.41 Å². The minimum Gasteiger partial charge on any atom is -0.497 e. The maximum Gasteiger partial charge on any atom is 0.118 e. The predicted molar refractivity (Wildman–Crippen MR) is 72.2 cm³/mol. The van der Waals surface area contributed by atoms with Gasteiger partial charge in [0.1, 0.15) is 11.6 Å². The molecule has 0 atom stereocenters. The Morgan fingerprint density at radius 2 is 1.65 bits per heavy atom. The van der Waals surface area contributed by atoms with E-state index in [2.05, 4.69) is 0 Å². The third-order valence-corrected chi connectivity index (χ3v) is 1.83. The van der Waals surface area contributed by atoms with Crippen LogP contribution in [0, 0.1) is 10.8 Å². The number of ether oxygens (including phenoxy) is 1. The molecule has 1 aromatic rings. The molecule has 0 fully saturated rings. The van der Waals surface area contributed by atoms with Gasteiger partial charge in [0.2, 0.25) is 0 Å². The lowest BCUT2D eigenvalue weighted by atomic mass is 10.1. The van der Waals surface area contributed by atoms with Crippen molar-refractivity contribution in [1.82, 2.24) is 0 Å². The molecule has 0 aliphatic carbocycles. The Kier molecular flexibility index (Phi) is 7.10. The molecule has 0 radical (unpaired) electrons. The normalized spacial score (nSPS) is 9.35. The maximum absolute atomic E-state index is 7.67. The Bertz CT molecular complexity index is 394. The van der Waals surface area contributed by atoms with Gasteiger partial charge < -0.3 is 15.9 Å². The molecule has 0 amide bonds. The quantitative estimate of drug-likeness (QED) is 0.551. The Morgan fingerprint density at radius 3 is 2.06 bits per heavy atom. The summed E-state index contributed by atoms with van der Waals surface area (Å²) in [5.74, 6) is 0.690. The SMILES string of the molecule is CC.COc1ccc(C(=N)/C=C\C(=N)N)cc1. The first kappa shape index (κ1) is 14.9. The standard InChI is InChI=1S/C11H13N3O.C2H6/c1-15-9-4-2-8(3-5-9)10(12)6-7-11(13)14;1-2/h2-7,12H,1H3,(H3,13,14);1-2H3/b7-6-,12-10?;. The number of rotatable bonds is 4. The Labute approximate surface area is 102 Å². The zero-order valence-corrected chi connectivity index (χ0v) is 10.4. The number of hydrogen-bond acceptors (Lipinski definition) is 3. The van der Waals surface area contributed by atoms with E-state index >= 15 is 0 Å². The molecule has 4 heteroatoms. The number of benzene rings is 1. The van der Waals surface area contributed by atoms with Crippen LogP contribution < -0.4 is 10.5 Å². The summed E-state index contributed by atoms with van der Waals surface area (Å²) in [6, 6.07) is 7.13. The average molecular weight is 233 g/mol. The summed E-state index contributed by atoms with van der Waals surface area (Å²) in [5.41, 5.74) is 6.21. The van der Waals surface area contributed by atoms with Crippen molar-refractivity contribution in [2.75, 3.05) is 7.11 Å². The van der Waals surface area contributed by atoms with E-state index < -0.39 is 0 Å². The van der Waals surface area contributed by atoms with E-state index in [-0.39, 0.29) is 5.84 Å². The van der Waals surface area contributed by atoms with Gasteiger partial charge in [-0.05, 0) is 42.0 Å². The van der Waals surface area contributed by atoms with Gasteiger partial charge >= 0.3 is 0 Å². The van der Waals surface area contributed by atoms with Crippen molar-refractivity contribution in [2.24, 2.45) is 5.73 Å². The lowest BCUT2D eigenvalue weighted by Crippen LogP contribution is -2.06. The number of allylic oxidation sites excluding steroid dienone is 1. The molecule has 1 aromatic carbocycles. The Balaban J connectivity index is 0.00000121. The summed E-state index contributed by atoms with van der Waals surface area (Å²) in [7, 11) is 1.59. The molecule has 0 heterocycles. The minimum absolute atomic E-state index is 0.0618. The minimum atomic E-state index is -0.0618. The lowest BCUT2D eigenvalue weighted by molar-refractivity contribution is 0.415. The number of amidine groups is 1. The molecule has 0 bridgehead atoms. The Hall–Kier alpha value is -2.10. The van der Waals surface area contributed by atoms with E-state index in [1.165, 1.54) is 12.2 Å². The van der Waals surface area contributed by atoms with Gasteiger partial charge in [0.05, 0.1) is 12.8 Å². The largest absolute Gasteiger partial charge is 0.497 e. The maximum atomic E-state index is 7.67. The predicted octanol–water partition coefficient (Wildman–Crippen LogP) is 2.58. The molecule has 0 unspecified atom stereocenters. The lowest BCUT2D eigenvalue weighted by Gasteiger charge is -2.01. The average Bonchev–Trinajstić information content (AvgIpc) is 2.38. The summed E-state index contributed by atoms with van der Waals surface area (Å²) in [5, 5.41) is 14.7. The van der Waals surface area contributed by atoms with Crippen LogP contribution in [0.15, 0.2) is 36.4 Å². The highest BCUT2D eigenvalue weighted by atomic mass is 16.5. The fourth-order valence-electron chi connectivity index (χ4n) is 1.04. The molecule has 0 saturated heterocycles. The van der Waals surface area contributed by atoms with E-state index in [0.717, 1.165) is 11.3 Å². The van der Waals surface area contributed by atoms with Gasteiger partial charge in [-0.1, -0.05) is 13.8 Å². The van der Waals surface area contributed by atoms with E-state index in [1.807, 2.05) is 13.8 Å². The van der Waals surface area contributed by atoms with Crippen LogP contribution in [-0.2, 0) is 0 Å². The second-order valence-electron chi connectivity index (χ2n) is 2.93. The molecule has 0 spiro atoms. The first-order chi connectivity index (χ1) is 8.13. The molecule has 4 N–H and O–H groups in total. The summed E-state index contributed by atoms with van der Waals surface area (Å²) in [6.07, 6.45) is 2.87. The highest BCUT2D eigenvalue weighted by Gasteiger charge is 1.97. The third kappa shape index (κ3) is 5.51. The molecule has 92 valence electrons. The van der Waals surface area contributed by atoms with Crippen molar-refractivity contribution in [2.45, 2.75) is 13.8 Å². The van der Waals surface area contributed by atoms with Crippen molar-refractivity contribution in [3.63, 3.8) is 0 Å². The van der Waals surface area contributed by atoms with Crippen molar-refractivity contribution >= 4 is 11.5 Å². The number of nitrogens with two attached hydrogens (primary N) is 1. The van der Waals surface area contributed by atoms with Gasteiger partial charge in [-0.2, -0.15) is 0 Å². The van der Waals surface area contributed by atoms with Crippen molar-refractivity contribution in [3.8, 4) is 5.75 Å². The molecule has 4 nitrogen and oxygen atoms in total. The highest BCUT2D eigenvalue weighted by Crippen LogP contribution is 2.11. The summed E-state index contributed by atoms with van der Waals surface area (Å²) >= 11 is 0. The van der Waals surface area contributed by atoms with E-state index in [1.54, 1.807) is 31.4 Å². The second-order valence-corrected chi connectivity index (χ2v) is 2.93. The van der Waals surface area contributed by atoms with Gasteiger partial charge in [-0.25, -0.2) is 0 Å². The number of methoxy groups -OCH3 is 1. The van der Waals surface area contributed by atoms with Gasteiger partial charge in [0, 0.05) is 0 Å². The highest BCUT2D eigenvalue weighted by molar-refractivity contribution is 6.09. The first-order valence-electron chi connectivity index (χ1n) is 5.38. The van der Waals surface area contributed by atoms with Crippen molar-refractivity contribution in [3.05, 3.63) is 42.0 Å². The number of hydrogen-bond donors (Lipinski definition) is 3. The molecule has 0 aliphatic rings. The third-order valence-electron chi connectivity index (χ3n) is 1.83. The molecule has 0 aromatic heterocycles. The summed E-state index contributed by atoms with van der Waals surface area (Å²) < 4.78 is 5.00. The van der Waals surface area contributed by atoms with E-state index in [9.17, 15) is 0 Å². The van der Waals surface area contributed by atoms with Crippen LogP contribution in [0.3, 0.4) is 0 Å². The van der Waals surface area contributed by atoms with Crippen molar-refractivity contribution < 1.29 is 4.74 Å². The summed E-state index contributed by atoms with van der Waals surface area (Å²) in [6.45, 7) is 4.00. The molecule has 17 heavy (non-hydrogen) atoms. The van der Waals surface area contributed by atoms with Crippen LogP contribution >= 0.6 is 0 Å². The van der Waals surface area contributed by atoms with Crippen molar-refractivity contribution in [1.29, 1.82) is 10.8 Å². The zero-order chi connectivity index (χ0) is 13.3. The molecule has 0 aliphatic heterocycles. The van der Waals surface area contributed by atoms with Gasteiger partial charge in [-0.15, -0.1) is 0 Å². The van der Waals surface area contributed by atoms with Crippen LogP contribution in [-0.4, -0.2) is 18.7 Å². The fraction of sp³-hybridized carbons (Fsp3) is 0.231. The fourth-order valence-corrected chi connectivity index (χ4v) is 1.04. The van der Waals surface area contributed by atoms with E-state index in [0.29, 0.717) is 5.71 Å². The second kappa shape index (κ2) is 8.10. The zero-order valence-electron chi connectivity index (χ0n) is 10.4. The molecule has 0 saturated carbocycles. The monoisotopic (exact) mass is 233 g/mol. The number of nitrogens with one attached hydrogen (secondary N) is 2. The summed E-state index contributed by atoms with van der Waals surface area (Å²) in [4.78, 5) is 0. The molecular formula is C13H19N3O. The van der Waals surface area contributed by atoms with Gasteiger partial charge in [0.15, 0.2) is 0 Å². The molecular weight excluding hydrogens is 214 g/mol. The van der Waals surface area contributed by atoms with Crippen LogP contribution in [0.25, 0.3) is 0 Å². The van der Waals surface area contributed by atoms with E-state index in [4.69, 9.17) is 21.3 Å². The Morgan fingerprint density at radius 1 is 1.12 bits per heavy atom.